The summed E-state index contributed by atoms with van der Waals surface area (Å²) in [5.41, 5.74) is 7.46. The van der Waals surface area contributed by atoms with Crippen molar-refractivity contribution in [3.63, 3.8) is 0 Å². The van der Waals surface area contributed by atoms with E-state index < -0.39 is 0 Å². The molecule has 0 amide bonds. The van der Waals surface area contributed by atoms with Crippen molar-refractivity contribution in [1.29, 1.82) is 0 Å². The molecule has 2 atom stereocenters. The van der Waals surface area contributed by atoms with E-state index in [4.69, 9.17) is 0 Å². The minimum Gasteiger partial charge on any atom is -0.286 e. The van der Waals surface area contributed by atoms with E-state index in [9.17, 15) is 0 Å². The Morgan fingerprint density at radius 2 is 1.84 bits per heavy atom. The third kappa shape index (κ3) is 2.60. The highest BCUT2D eigenvalue weighted by Gasteiger charge is 2.35. The maximum atomic E-state index is 4.43. The number of hydrogen-bond donors (Lipinski definition) is 0. The molecule has 0 N–H and O–H groups in total. The highest BCUT2D eigenvalue weighted by molar-refractivity contribution is 7.16. The molecule has 1 fully saturated rings. The molecule has 2 aliphatic rings. The molecule has 3 nitrogen and oxygen atoms in total. The summed E-state index contributed by atoms with van der Waals surface area (Å²) in [5.74, 6) is 0.437. The van der Waals surface area contributed by atoms with Crippen molar-refractivity contribution < 1.29 is 0 Å². The van der Waals surface area contributed by atoms with E-state index in [0.717, 1.165) is 12.1 Å². The van der Waals surface area contributed by atoms with Crippen LogP contribution in [0.5, 0.6) is 0 Å². The molecule has 4 heteroatoms. The van der Waals surface area contributed by atoms with E-state index in [1.807, 2.05) is 5.51 Å². The lowest BCUT2D eigenvalue weighted by Gasteiger charge is -2.43. The van der Waals surface area contributed by atoms with Gasteiger partial charge in [-0.25, -0.2) is 4.98 Å². The molecule has 3 aromatic rings. The van der Waals surface area contributed by atoms with Crippen molar-refractivity contribution in [2.45, 2.75) is 24.9 Å². The van der Waals surface area contributed by atoms with Gasteiger partial charge in [-0.2, -0.15) is 0 Å². The fraction of sp³-hybridized carbons (Fsp3) is 0.381. The van der Waals surface area contributed by atoms with Crippen LogP contribution in [0.4, 0.5) is 0 Å². The first-order valence-corrected chi connectivity index (χ1v) is 10.1. The second kappa shape index (κ2) is 6.20. The predicted octanol–water partition coefficient (Wildman–Crippen LogP) is 4.47. The number of likely N-dealkylation sites (tertiary alicyclic amines) is 1. The number of fused-ring (bicyclic) bond motifs is 2. The van der Waals surface area contributed by atoms with Gasteiger partial charge in [-0.1, -0.05) is 30.3 Å². The monoisotopic (exact) mass is 349 g/mol. The fourth-order valence-corrected chi connectivity index (χ4v) is 5.35. The smallest absolute Gasteiger partial charge is 0.0886 e. The Morgan fingerprint density at radius 3 is 2.68 bits per heavy atom. The van der Waals surface area contributed by atoms with Crippen molar-refractivity contribution in [2.75, 3.05) is 26.7 Å². The van der Waals surface area contributed by atoms with Gasteiger partial charge >= 0.3 is 0 Å². The summed E-state index contributed by atoms with van der Waals surface area (Å²) < 4.78 is 1.29. The van der Waals surface area contributed by atoms with Crippen LogP contribution in [-0.4, -0.2) is 41.5 Å². The van der Waals surface area contributed by atoms with Gasteiger partial charge in [0.25, 0.3) is 0 Å². The molecule has 2 unspecified atom stereocenters. The summed E-state index contributed by atoms with van der Waals surface area (Å²) in [6.45, 7) is 3.52. The largest absolute Gasteiger partial charge is 0.286 e. The average Bonchev–Trinajstić information content (AvgIpc) is 3.32. The van der Waals surface area contributed by atoms with Crippen LogP contribution in [0, 0.1) is 0 Å². The SMILES string of the molecule is CN1CC(c2ccc3ncsc3c2)c2ccccc2C1N1CCCC1. The lowest BCUT2D eigenvalue weighted by atomic mass is 9.83. The van der Waals surface area contributed by atoms with Gasteiger partial charge in [0.1, 0.15) is 0 Å². The van der Waals surface area contributed by atoms with Crippen molar-refractivity contribution in [1.82, 2.24) is 14.8 Å². The van der Waals surface area contributed by atoms with Gasteiger partial charge in [0.15, 0.2) is 0 Å². The molecule has 128 valence electrons. The summed E-state index contributed by atoms with van der Waals surface area (Å²) in [5, 5.41) is 0. The molecule has 0 bridgehead atoms. The minimum absolute atomic E-state index is 0.432. The van der Waals surface area contributed by atoms with E-state index >= 15 is 0 Å². The Kier molecular flexibility index (Phi) is 3.85. The molecule has 0 spiro atoms. The quantitative estimate of drug-likeness (QED) is 0.680. The highest BCUT2D eigenvalue weighted by Crippen LogP contribution is 2.41. The number of likely N-dealkylation sites (N-methyl/N-ethyl adjacent to an activating group) is 1. The fourth-order valence-electron chi connectivity index (χ4n) is 4.62. The normalized spacial score (nSPS) is 24.7. The second-order valence-electron chi connectivity index (χ2n) is 7.32. The van der Waals surface area contributed by atoms with E-state index in [0.29, 0.717) is 12.1 Å². The molecule has 1 aromatic heterocycles. The molecule has 5 rings (SSSR count). The Morgan fingerprint density at radius 1 is 1.04 bits per heavy atom. The van der Waals surface area contributed by atoms with Gasteiger partial charge in [-0.3, -0.25) is 9.80 Å². The van der Waals surface area contributed by atoms with Gasteiger partial charge in [0, 0.05) is 12.5 Å². The minimum atomic E-state index is 0.432. The first-order valence-electron chi connectivity index (χ1n) is 9.17. The topological polar surface area (TPSA) is 19.4 Å². The zero-order chi connectivity index (χ0) is 16.8. The molecule has 0 radical (unpaired) electrons. The number of aromatic nitrogens is 1. The summed E-state index contributed by atoms with van der Waals surface area (Å²) in [6, 6.07) is 15.9. The molecule has 2 aromatic carbocycles. The van der Waals surface area contributed by atoms with Crippen LogP contribution in [0.3, 0.4) is 0 Å². The number of hydrogen-bond acceptors (Lipinski definition) is 4. The lowest BCUT2D eigenvalue weighted by molar-refractivity contribution is 0.0669. The molecular weight excluding hydrogens is 326 g/mol. The summed E-state index contributed by atoms with van der Waals surface area (Å²) in [7, 11) is 2.29. The van der Waals surface area contributed by atoms with Crippen LogP contribution in [-0.2, 0) is 0 Å². The Labute approximate surface area is 152 Å². The van der Waals surface area contributed by atoms with Gasteiger partial charge in [0.2, 0.25) is 0 Å². The van der Waals surface area contributed by atoms with Crippen LogP contribution in [0.2, 0.25) is 0 Å². The Hall–Kier alpha value is -1.75. The van der Waals surface area contributed by atoms with E-state index in [2.05, 4.69) is 64.3 Å². The first-order chi connectivity index (χ1) is 12.3. The van der Waals surface area contributed by atoms with Crippen LogP contribution in [0.25, 0.3) is 10.2 Å². The molecule has 25 heavy (non-hydrogen) atoms. The van der Waals surface area contributed by atoms with Crippen molar-refractivity contribution in [2.24, 2.45) is 0 Å². The number of thiazole rings is 1. The zero-order valence-corrected chi connectivity index (χ0v) is 15.4. The van der Waals surface area contributed by atoms with Gasteiger partial charge < -0.3 is 0 Å². The zero-order valence-electron chi connectivity index (χ0n) is 14.6. The average molecular weight is 350 g/mol. The highest BCUT2D eigenvalue weighted by atomic mass is 32.1. The van der Waals surface area contributed by atoms with Crippen LogP contribution >= 0.6 is 11.3 Å². The molecule has 2 aliphatic heterocycles. The number of nitrogens with zero attached hydrogens (tertiary/aromatic N) is 3. The summed E-state index contributed by atoms with van der Waals surface area (Å²) in [6.07, 6.45) is 3.10. The molecule has 0 aliphatic carbocycles. The molecule has 3 heterocycles. The lowest BCUT2D eigenvalue weighted by Crippen LogP contribution is -2.44. The first kappa shape index (κ1) is 15.5. The van der Waals surface area contributed by atoms with Gasteiger partial charge in [0.05, 0.1) is 21.9 Å². The standard InChI is InChI=1S/C21H23N3S/c1-23-13-18(15-8-9-19-20(12-15)25-14-22-19)16-6-2-3-7-17(16)21(23)24-10-4-5-11-24/h2-3,6-9,12,14,18,21H,4-5,10-11,13H2,1H3. The van der Waals surface area contributed by atoms with Crippen molar-refractivity contribution in [3.05, 3.63) is 64.7 Å². The molecular formula is C21H23N3S. The third-order valence-corrected chi connectivity index (χ3v) is 6.57. The summed E-state index contributed by atoms with van der Waals surface area (Å²) >= 11 is 1.74. The molecule has 0 saturated carbocycles. The number of rotatable bonds is 2. The molecule has 1 saturated heterocycles. The second-order valence-corrected chi connectivity index (χ2v) is 8.20. The van der Waals surface area contributed by atoms with Crippen molar-refractivity contribution >= 4 is 21.6 Å². The van der Waals surface area contributed by atoms with Crippen LogP contribution < -0.4 is 0 Å². The Bertz CT molecular complexity index is 897. The van der Waals surface area contributed by atoms with E-state index in [1.165, 1.54) is 47.3 Å². The van der Waals surface area contributed by atoms with E-state index in [1.54, 1.807) is 11.3 Å². The van der Waals surface area contributed by atoms with Crippen LogP contribution in [0.1, 0.15) is 41.6 Å². The van der Waals surface area contributed by atoms with E-state index in [-0.39, 0.29) is 0 Å². The van der Waals surface area contributed by atoms with Gasteiger partial charge in [-0.05, 0) is 61.8 Å². The maximum absolute atomic E-state index is 4.43. The Balaban J connectivity index is 1.59. The van der Waals surface area contributed by atoms with Gasteiger partial charge in [-0.15, -0.1) is 11.3 Å². The summed E-state index contributed by atoms with van der Waals surface area (Å²) in [4.78, 5) is 9.63. The maximum Gasteiger partial charge on any atom is 0.0886 e. The third-order valence-electron chi connectivity index (χ3n) is 5.78. The number of benzene rings is 2. The predicted molar refractivity (Wildman–Crippen MR) is 104 cm³/mol. The van der Waals surface area contributed by atoms with Crippen molar-refractivity contribution in [3.8, 4) is 0 Å². The van der Waals surface area contributed by atoms with Crippen LogP contribution in [0.15, 0.2) is 48.0 Å².